The molecule has 6 heteroatoms. The van der Waals surface area contributed by atoms with Crippen molar-refractivity contribution in [2.45, 2.75) is 20.3 Å². The zero-order chi connectivity index (χ0) is 12.1. The maximum Gasteiger partial charge on any atom is 0.308 e. The Morgan fingerprint density at radius 1 is 1.62 bits per heavy atom. The second kappa shape index (κ2) is 5.29. The van der Waals surface area contributed by atoms with E-state index in [-0.39, 0.29) is 12.5 Å². The summed E-state index contributed by atoms with van der Waals surface area (Å²) in [6, 6.07) is 0. The van der Waals surface area contributed by atoms with Crippen molar-refractivity contribution in [2.75, 3.05) is 6.54 Å². The molecule has 0 aliphatic rings. The fourth-order valence-electron chi connectivity index (χ4n) is 1.13. The van der Waals surface area contributed by atoms with Crippen LogP contribution in [0.15, 0.2) is 10.7 Å². The van der Waals surface area contributed by atoms with E-state index in [4.69, 9.17) is 9.63 Å². The predicted octanol–water partition coefficient (Wildman–Crippen LogP) is 0.688. The van der Waals surface area contributed by atoms with Gasteiger partial charge in [-0.25, -0.2) is 0 Å². The van der Waals surface area contributed by atoms with Gasteiger partial charge in [-0.15, -0.1) is 0 Å². The molecule has 0 aliphatic heterocycles. The Kier molecular flexibility index (Phi) is 4.04. The average Bonchev–Trinajstić information content (AvgIpc) is 2.73. The van der Waals surface area contributed by atoms with E-state index in [0.717, 1.165) is 0 Å². The van der Waals surface area contributed by atoms with Gasteiger partial charge in [-0.3, -0.25) is 9.59 Å². The first-order chi connectivity index (χ1) is 7.56. The average molecular weight is 226 g/mol. The summed E-state index contributed by atoms with van der Waals surface area (Å²) in [4.78, 5) is 22.1. The molecule has 2 N–H and O–H groups in total. The van der Waals surface area contributed by atoms with Gasteiger partial charge in [-0.05, 0) is 0 Å². The molecule has 0 saturated carbocycles. The van der Waals surface area contributed by atoms with Gasteiger partial charge in [0.05, 0.1) is 12.1 Å². The number of nitrogens with zero attached hydrogens (tertiary/aromatic N) is 1. The highest BCUT2D eigenvalue weighted by Crippen LogP contribution is 2.08. The molecule has 1 aromatic heterocycles. The van der Waals surface area contributed by atoms with Crippen LogP contribution in [0.5, 0.6) is 0 Å². The van der Waals surface area contributed by atoms with Gasteiger partial charge in [-0.1, -0.05) is 19.0 Å². The number of aromatic nitrogens is 1. The van der Waals surface area contributed by atoms with Crippen LogP contribution in [-0.4, -0.2) is 28.7 Å². The van der Waals surface area contributed by atoms with Gasteiger partial charge in [-0.2, -0.15) is 0 Å². The Labute approximate surface area is 92.6 Å². The largest absolute Gasteiger partial charge is 0.481 e. The molecule has 0 aliphatic carbocycles. The molecule has 0 aromatic carbocycles. The van der Waals surface area contributed by atoms with Crippen molar-refractivity contribution < 1.29 is 19.2 Å². The number of carboxylic acids is 1. The lowest BCUT2D eigenvalue weighted by Crippen LogP contribution is -2.31. The van der Waals surface area contributed by atoms with E-state index in [1.54, 1.807) is 0 Å². The van der Waals surface area contributed by atoms with Crippen LogP contribution in [0, 0.1) is 5.92 Å². The van der Waals surface area contributed by atoms with Crippen molar-refractivity contribution >= 4 is 11.9 Å². The first-order valence-electron chi connectivity index (χ1n) is 5.00. The Hall–Kier alpha value is -1.85. The van der Waals surface area contributed by atoms with Crippen LogP contribution in [0.4, 0.5) is 0 Å². The van der Waals surface area contributed by atoms with Gasteiger partial charge < -0.3 is 14.9 Å². The highest BCUT2D eigenvalue weighted by Gasteiger charge is 2.17. The minimum atomic E-state index is -0.943. The first-order valence-corrected chi connectivity index (χ1v) is 5.00. The van der Waals surface area contributed by atoms with E-state index in [1.807, 2.05) is 6.92 Å². The van der Waals surface area contributed by atoms with Crippen molar-refractivity contribution in [2.24, 2.45) is 5.92 Å². The molecule has 6 nitrogen and oxygen atoms in total. The molecular weight excluding hydrogens is 212 g/mol. The number of carbonyl (C=O) groups is 2. The quantitative estimate of drug-likeness (QED) is 0.770. The number of amides is 1. The second-order valence-corrected chi connectivity index (χ2v) is 3.47. The summed E-state index contributed by atoms with van der Waals surface area (Å²) < 4.78 is 4.86. The smallest absolute Gasteiger partial charge is 0.308 e. The van der Waals surface area contributed by atoms with E-state index in [2.05, 4.69) is 10.5 Å². The first kappa shape index (κ1) is 12.2. The van der Waals surface area contributed by atoms with Gasteiger partial charge in [0.15, 0.2) is 0 Å². The van der Waals surface area contributed by atoms with E-state index in [1.165, 1.54) is 13.1 Å². The Morgan fingerprint density at radius 2 is 2.31 bits per heavy atom. The molecule has 1 rings (SSSR count). The summed E-state index contributed by atoms with van der Waals surface area (Å²) in [7, 11) is 0. The standard InChI is InChI=1S/C10H14N2O4/c1-3-8-7(5-12-16-8)9(13)11-4-6(2)10(14)15/h5-6H,3-4H2,1-2H3,(H,11,13)(H,14,15). The number of hydrogen-bond donors (Lipinski definition) is 2. The maximum absolute atomic E-state index is 11.6. The lowest BCUT2D eigenvalue weighted by atomic mass is 10.1. The molecule has 1 aromatic rings. The number of carbonyl (C=O) groups excluding carboxylic acids is 1. The van der Waals surface area contributed by atoms with Crippen LogP contribution >= 0.6 is 0 Å². The summed E-state index contributed by atoms with van der Waals surface area (Å²) in [5, 5.41) is 14.7. The van der Waals surface area contributed by atoms with Crippen molar-refractivity contribution in [3.8, 4) is 0 Å². The summed E-state index contributed by atoms with van der Waals surface area (Å²) in [6.07, 6.45) is 1.90. The SMILES string of the molecule is CCc1oncc1C(=O)NCC(C)C(=O)O. The van der Waals surface area contributed by atoms with Gasteiger partial charge in [0, 0.05) is 13.0 Å². The van der Waals surface area contributed by atoms with E-state index < -0.39 is 11.9 Å². The third-order valence-electron chi connectivity index (χ3n) is 2.20. The molecule has 0 fully saturated rings. The number of nitrogens with one attached hydrogen (secondary N) is 1. The second-order valence-electron chi connectivity index (χ2n) is 3.47. The normalized spacial score (nSPS) is 12.1. The van der Waals surface area contributed by atoms with Crippen LogP contribution in [0.1, 0.15) is 30.0 Å². The minimum absolute atomic E-state index is 0.0858. The fraction of sp³-hybridized carbons (Fsp3) is 0.500. The number of carboxylic acid groups (broad SMARTS) is 1. The summed E-state index contributed by atoms with van der Waals surface area (Å²) >= 11 is 0. The number of aryl methyl sites for hydroxylation is 1. The third-order valence-corrected chi connectivity index (χ3v) is 2.20. The third kappa shape index (κ3) is 2.82. The fourth-order valence-corrected chi connectivity index (χ4v) is 1.13. The number of hydrogen-bond acceptors (Lipinski definition) is 4. The molecule has 88 valence electrons. The molecule has 1 amide bonds. The molecular formula is C10H14N2O4. The van der Waals surface area contributed by atoms with Crippen molar-refractivity contribution in [1.82, 2.24) is 10.5 Å². The Bertz CT molecular complexity index is 386. The van der Waals surface area contributed by atoms with E-state index >= 15 is 0 Å². The number of aliphatic carboxylic acids is 1. The van der Waals surface area contributed by atoms with Crippen LogP contribution in [0.25, 0.3) is 0 Å². The topological polar surface area (TPSA) is 92.4 Å². The zero-order valence-corrected chi connectivity index (χ0v) is 9.19. The van der Waals surface area contributed by atoms with E-state index in [9.17, 15) is 9.59 Å². The summed E-state index contributed by atoms with van der Waals surface area (Å²) in [6.45, 7) is 3.45. The van der Waals surface area contributed by atoms with Gasteiger partial charge in [0.2, 0.25) is 0 Å². The number of rotatable bonds is 5. The van der Waals surface area contributed by atoms with Gasteiger partial charge >= 0.3 is 5.97 Å². The van der Waals surface area contributed by atoms with Gasteiger partial charge in [0.1, 0.15) is 11.3 Å². The lowest BCUT2D eigenvalue weighted by molar-refractivity contribution is -0.140. The van der Waals surface area contributed by atoms with Crippen LogP contribution < -0.4 is 5.32 Å². The van der Waals surface area contributed by atoms with Crippen molar-refractivity contribution in [1.29, 1.82) is 0 Å². The van der Waals surface area contributed by atoms with Crippen molar-refractivity contribution in [3.05, 3.63) is 17.5 Å². The zero-order valence-electron chi connectivity index (χ0n) is 9.19. The Balaban J connectivity index is 2.56. The lowest BCUT2D eigenvalue weighted by Gasteiger charge is -2.07. The van der Waals surface area contributed by atoms with Crippen LogP contribution in [0.2, 0.25) is 0 Å². The van der Waals surface area contributed by atoms with Crippen LogP contribution in [-0.2, 0) is 11.2 Å². The molecule has 1 unspecified atom stereocenters. The maximum atomic E-state index is 11.6. The highest BCUT2D eigenvalue weighted by atomic mass is 16.5. The summed E-state index contributed by atoms with van der Waals surface area (Å²) in [5.74, 6) is -1.41. The van der Waals surface area contributed by atoms with Gasteiger partial charge in [0.25, 0.3) is 5.91 Å². The summed E-state index contributed by atoms with van der Waals surface area (Å²) in [5.41, 5.74) is 0.361. The molecule has 0 saturated heterocycles. The molecule has 0 radical (unpaired) electrons. The van der Waals surface area contributed by atoms with Crippen molar-refractivity contribution in [3.63, 3.8) is 0 Å². The molecule has 16 heavy (non-hydrogen) atoms. The van der Waals surface area contributed by atoms with E-state index in [0.29, 0.717) is 17.7 Å². The Morgan fingerprint density at radius 3 is 2.88 bits per heavy atom. The predicted molar refractivity (Wildman–Crippen MR) is 55.0 cm³/mol. The molecule has 1 heterocycles. The molecule has 0 spiro atoms. The monoisotopic (exact) mass is 226 g/mol. The van der Waals surface area contributed by atoms with Crippen LogP contribution in [0.3, 0.4) is 0 Å². The minimum Gasteiger partial charge on any atom is -0.481 e. The molecule has 0 bridgehead atoms. The molecule has 1 atom stereocenters. The highest BCUT2D eigenvalue weighted by molar-refractivity contribution is 5.95.